The molecule has 0 spiro atoms. The Bertz CT molecular complexity index is 442. The van der Waals surface area contributed by atoms with Crippen LogP contribution < -0.4 is 10.5 Å². The fourth-order valence-corrected chi connectivity index (χ4v) is 1.99. The van der Waals surface area contributed by atoms with Crippen molar-refractivity contribution >= 4 is 18.3 Å². The number of nitrogens with two attached hydrogens (primary N) is 1. The van der Waals surface area contributed by atoms with E-state index in [1.165, 1.54) is 25.3 Å². The van der Waals surface area contributed by atoms with Gasteiger partial charge >= 0.3 is 0 Å². The highest BCUT2D eigenvalue weighted by Crippen LogP contribution is 2.22. The molecule has 0 radical (unpaired) electrons. The van der Waals surface area contributed by atoms with Crippen molar-refractivity contribution in [2.45, 2.75) is 12.5 Å². The van der Waals surface area contributed by atoms with Crippen LogP contribution in [0.2, 0.25) is 0 Å². The maximum atomic E-state index is 13.2. The minimum absolute atomic E-state index is 0. The topological polar surface area (TPSA) is 55.6 Å². The second kappa shape index (κ2) is 6.02. The number of ether oxygens (including phenoxy) is 1. The van der Waals surface area contributed by atoms with E-state index in [0.717, 1.165) is 6.42 Å². The Hall–Kier alpha value is -1.33. The Balaban J connectivity index is 0.00000162. The third-order valence-electron chi connectivity index (χ3n) is 2.90. The molecule has 0 bridgehead atoms. The molecule has 0 aliphatic carbocycles. The lowest BCUT2D eigenvalue weighted by Crippen LogP contribution is -2.32. The minimum Gasteiger partial charge on any atom is -0.496 e. The van der Waals surface area contributed by atoms with Gasteiger partial charge in [0.15, 0.2) is 0 Å². The first-order valence-corrected chi connectivity index (χ1v) is 5.50. The first-order valence-electron chi connectivity index (χ1n) is 5.50. The summed E-state index contributed by atoms with van der Waals surface area (Å²) in [5, 5.41) is 0. The molecule has 1 amide bonds. The van der Waals surface area contributed by atoms with Crippen molar-refractivity contribution in [3.8, 4) is 5.75 Å². The predicted octanol–water partition coefficient (Wildman–Crippen LogP) is 1.43. The van der Waals surface area contributed by atoms with Crippen LogP contribution >= 0.6 is 12.4 Å². The molecule has 1 saturated heterocycles. The fraction of sp³-hybridized carbons (Fsp3) is 0.417. The monoisotopic (exact) mass is 274 g/mol. The fourth-order valence-electron chi connectivity index (χ4n) is 1.99. The second-order valence-corrected chi connectivity index (χ2v) is 4.14. The molecule has 1 fully saturated rings. The summed E-state index contributed by atoms with van der Waals surface area (Å²) >= 11 is 0. The number of likely N-dealkylation sites (tertiary alicyclic amines) is 1. The molecule has 1 aromatic carbocycles. The Labute approximate surface area is 111 Å². The predicted molar refractivity (Wildman–Crippen MR) is 68.7 cm³/mol. The Morgan fingerprint density at radius 2 is 2.28 bits per heavy atom. The van der Waals surface area contributed by atoms with E-state index in [0.29, 0.717) is 18.8 Å². The average Bonchev–Trinajstić information content (AvgIpc) is 2.75. The zero-order chi connectivity index (χ0) is 12.4. The van der Waals surface area contributed by atoms with E-state index in [1.54, 1.807) is 4.90 Å². The quantitative estimate of drug-likeness (QED) is 0.888. The number of hydrogen-bond donors (Lipinski definition) is 1. The summed E-state index contributed by atoms with van der Waals surface area (Å²) in [7, 11) is 1.46. The summed E-state index contributed by atoms with van der Waals surface area (Å²) in [6.45, 7) is 1.12. The van der Waals surface area contributed by atoms with Gasteiger partial charge < -0.3 is 15.4 Å². The van der Waals surface area contributed by atoms with Crippen LogP contribution in [-0.4, -0.2) is 37.0 Å². The van der Waals surface area contributed by atoms with Gasteiger partial charge in [-0.3, -0.25) is 4.79 Å². The number of benzene rings is 1. The van der Waals surface area contributed by atoms with Crippen molar-refractivity contribution in [1.82, 2.24) is 4.90 Å². The van der Waals surface area contributed by atoms with Gasteiger partial charge in [0.05, 0.1) is 12.7 Å². The molecule has 1 atom stereocenters. The average molecular weight is 275 g/mol. The van der Waals surface area contributed by atoms with Gasteiger partial charge in [-0.2, -0.15) is 0 Å². The van der Waals surface area contributed by atoms with E-state index in [1.807, 2.05) is 0 Å². The van der Waals surface area contributed by atoms with Crippen LogP contribution in [0.3, 0.4) is 0 Å². The number of carbonyl (C=O) groups is 1. The highest BCUT2D eigenvalue weighted by atomic mass is 35.5. The lowest BCUT2D eigenvalue weighted by atomic mass is 10.1. The van der Waals surface area contributed by atoms with Gasteiger partial charge in [0.25, 0.3) is 5.91 Å². The van der Waals surface area contributed by atoms with Crippen LogP contribution in [-0.2, 0) is 0 Å². The Morgan fingerprint density at radius 1 is 1.56 bits per heavy atom. The molecule has 1 aromatic rings. The van der Waals surface area contributed by atoms with Gasteiger partial charge in [0, 0.05) is 19.1 Å². The van der Waals surface area contributed by atoms with Gasteiger partial charge in [-0.15, -0.1) is 12.4 Å². The van der Waals surface area contributed by atoms with Crippen LogP contribution in [0.25, 0.3) is 0 Å². The molecule has 1 aliphatic heterocycles. The van der Waals surface area contributed by atoms with E-state index < -0.39 is 5.82 Å². The molecule has 1 heterocycles. The molecule has 0 saturated carbocycles. The number of rotatable bonds is 2. The summed E-state index contributed by atoms with van der Waals surface area (Å²) in [6, 6.07) is 3.94. The van der Waals surface area contributed by atoms with Gasteiger partial charge in [-0.25, -0.2) is 4.39 Å². The minimum atomic E-state index is -0.447. The van der Waals surface area contributed by atoms with Crippen molar-refractivity contribution in [3.05, 3.63) is 29.6 Å². The van der Waals surface area contributed by atoms with Crippen LogP contribution in [0.4, 0.5) is 4.39 Å². The maximum Gasteiger partial charge on any atom is 0.257 e. The second-order valence-electron chi connectivity index (χ2n) is 4.14. The van der Waals surface area contributed by atoms with Gasteiger partial charge in [0.2, 0.25) is 0 Å². The number of amides is 1. The Kier molecular flexibility index (Phi) is 4.93. The lowest BCUT2D eigenvalue weighted by Gasteiger charge is -2.17. The van der Waals surface area contributed by atoms with Crippen LogP contribution in [0.5, 0.6) is 5.75 Å². The van der Waals surface area contributed by atoms with Gasteiger partial charge in [0.1, 0.15) is 11.6 Å². The van der Waals surface area contributed by atoms with Crippen LogP contribution in [0.1, 0.15) is 16.8 Å². The van der Waals surface area contributed by atoms with Gasteiger partial charge in [-0.1, -0.05) is 0 Å². The van der Waals surface area contributed by atoms with E-state index in [4.69, 9.17) is 10.5 Å². The van der Waals surface area contributed by atoms with E-state index >= 15 is 0 Å². The SMILES string of the molecule is COc1ccc(F)cc1C(=O)N1CCC(N)C1.Cl. The van der Waals surface area contributed by atoms with E-state index in [-0.39, 0.29) is 29.9 Å². The molecule has 0 aromatic heterocycles. The molecule has 6 heteroatoms. The summed E-state index contributed by atoms with van der Waals surface area (Å²) in [5.74, 6) is -0.288. The summed E-state index contributed by atoms with van der Waals surface area (Å²) in [6.07, 6.45) is 0.781. The van der Waals surface area contributed by atoms with Crippen LogP contribution in [0, 0.1) is 5.82 Å². The molecule has 100 valence electrons. The lowest BCUT2D eigenvalue weighted by molar-refractivity contribution is 0.0787. The molecule has 4 nitrogen and oxygen atoms in total. The molecular weight excluding hydrogens is 259 g/mol. The standard InChI is InChI=1S/C12H15FN2O2.ClH/c1-17-11-3-2-8(13)6-10(11)12(16)15-5-4-9(14)7-15;/h2-3,6,9H,4-5,7,14H2,1H3;1H. The summed E-state index contributed by atoms with van der Waals surface area (Å²) < 4.78 is 18.2. The highest BCUT2D eigenvalue weighted by molar-refractivity contribution is 5.97. The first kappa shape index (κ1) is 14.7. The number of nitrogens with zero attached hydrogens (tertiary/aromatic N) is 1. The normalized spacial score (nSPS) is 18.4. The highest BCUT2D eigenvalue weighted by Gasteiger charge is 2.26. The third-order valence-corrected chi connectivity index (χ3v) is 2.90. The van der Waals surface area contributed by atoms with E-state index in [9.17, 15) is 9.18 Å². The summed E-state index contributed by atoms with van der Waals surface area (Å²) in [5.41, 5.74) is 5.99. The molecule has 1 aliphatic rings. The largest absolute Gasteiger partial charge is 0.496 e. The third kappa shape index (κ3) is 2.91. The van der Waals surface area contributed by atoms with Crippen LogP contribution in [0.15, 0.2) is 18.2 Å². The molecule has 2 rings (SSSR count). The van der Waals surface area contributed by atoms with Crippen molar-refractivity contribution in [2.75, 3.05) is 20.2 Å². The van der Waals surface area contributed by atoms with E-state index in [2.05, 4.69) is 0 Å². The number of methoxy groups -OCH3 is 1. The molecule has 1 unspecified atom stereocenters. The number of carbonyl (C=O) groups excluding carboxylic acids is 1. The first-order chi connectivity index (χ1) is 8.11. The van der Waals surface area contributed by atoms with Gasteiger partial charge in [-0.05, 0) is 24.6 Å². The smallest absolute Gasteiger partial charge is 0.257 e. The number of hydrogen-bond acceptors (Lipinski definition) is 3. The molecular formula is C12H16ClFN2O2. The molecule has 2 N–H and O–H groups in total. The zero-order valence-electron chi connectivity index (χ0n) is 10.1. The maximum absolute atomic E-state index is 13.2. The summed E-state index contributed by atoms with van der Waals surface area (Å²) in [4.78, 5) is 13.8. The van der Waals surface area contributed by atoms with Crippen molar-refractivity contribution in [1.29, 1.82) is 0 Å². The number of halogens is 2. The van der Waals surface area contributed by atoms with Crippen molar-refractivity contribution in [3.63, 3.8) is 0 Å². The van der Waals surface area contributed by atoms with Crippen molar-refractivity contribution in [2.24, 2.45) is 5.73 Å². The molecule has 18 heavy (non-hydrogen) atoms. The Morgan fingerprint density at radius 3 is 2.83 bits per heavy atom. The van der Waals surface area contributed by atoms with Crippen molar-refractivity contribution < 1.29 is 13.9 Å². The zero-order valence-corrected chi connectivity index (χ0v) is 10.9.